The third-order valence-electron chi connectivity index (χ3n) is 5.71. The van der Waals surface area contributed by atoms with Crippen molar-refractivity contribution in [2.24, 2.45) is 0 Å². The zero-order valence-electron chi connectivity index (χ0n) is 16.2. The number of ether oxygens (including phenoxy) is 2. The van der Waals surface area contributed by atoms with E-state index in [9.17, 15) is 0 Å². The highest BCUT2D eigenvalue weighted by molar-refractivity contribution is 5.66. The number of morpholine rings is 2. The number of aromatic nitrogens is 2. The summed E-state index contributed by atoms with van der Waals surface area (Å²) in [4.78, 5) is 16.9. The molecule has 2 fully saturated rings. The lowest BCUT2D eigenvalue weighted by molar-refractivity contribution is 0.122. The Morgan fingerprint density at radius 2 is 1.36 bits per heavy atom. The van der Waals surface area contributed by atoms with E-state index in [1.54, 1.807) is 0 Å². The standard InChI is InChI=1S/C21H27N5O2/c1-2-6-18-17(4-1)5-3-7-26(18)21-22-19(24-8-12-27-13-9-24)16-20(23-21)25-10-14-28-15-11-25/h1-2,4,6,16H,3,5,7-15H2. The first-order valence-corrected chi connectivity index (χ1v) is 10.3. The molecule has 5 rings (SSSR count). The van der Waals surface area contributed by atoms with E-state index >= 15 is 0 Å². The number of para-hydroxylation sites is 1. The van der Waals surface area contributed by atoms with Crippen molar-refractivity contribution in [1.82, 2.24) is 9.97 Å². The molecule has 0 radical (unpaired) electrons. The van der Waals surface area contributed by atoms with Gasteiger partial charge in [0.2, 0.25) is 5.95 Å². The van der Waals surface area contributed by atoms with E-state index < -0.39 is 0 Å². The molecule has 2 saturated heterocycles. The minimum absolute atomic E-state index is 0.749. The van der Waals surface area contributed by atoms with E-state index in [0.29, 0.717) is 0 Å². The maximum absolute atomic E-state index is 5.54. The molecule has 0 N–H and O–H groups in total. The molecule has 4 heterocycles. The van der Waals surface area contributed by atoms with Crippen molar-refractivity contribution in [3.05, 3.63) is 35.9 Å². The minimum Gasteiger partial charge on any atom is -0.378 e. The van der Waals surface area contributed by atoms with E-state index in [1.807, 2.05) is 0 Å². The second kappa shape index (κ2) is 7.93. The third kappa shape index (κ3) is 3.52. The zero-order valence-corrected chi connectivity index (χ0v) is 16.2. The molecule has 148 valence electrons. The summed E-state index contributed by atoms with van der Waals surface area (Å²) in [5.74, 6) is 2.80. The number of hydrogen-bond acceptors (Lipinski definition) is 7. The molecule has 28 heavy (non-hydrogen) atoms. The summed E-state index contributed by atoms with van der Waals surface area (Å²) in [6.07, 6.45) is 2.24. The smallest absolute Gasteiger partial charge is 0.233 e. The molecule has 2 aromatic rings. The zero-order chi connectivity index (χ0) is 18.8. The number of nitrogens with zero attached hydrogens (tertiary/aromatic N) is 5. The fourth-order valence-electron chi connectivity index (χ4n) is 4.18. The first-order chi connectivity index (χ1) is 13.9. The van der Waals surface area contributed by atoms with Gasteiger partial charge in [0.25, 0.3) is 0 Å². The summed E-state index contributed by atoms with van der Waals surface area (Å²) >= 11 is 0. The Morgan fingerprint density at radius 3 is 2.00 bits per heavy atom. The molecule has 1 aromatic heterocycles. The molecule has 0 amide bonds. The summed E-state index contributed by atoms with van der Waals surface area (Å²) in [7, 11) is 0. The predicted octanol–water partition coefficient (Wildman–Crippen LogP) is 2.23. The lowest BCUT2D eigenvalue weighted by Gasteiger charge is -2.34. The summed E-state index contributed by atoms with van der Waals surface area (Å²) in [5.41, 5.74) is 2.61. The van der Waals surface area contributed by atoms with E-state index in [1.165, 1.54) is 11.3 Å². The van der Waals surface area contributed by atoms with Crippen LogP contribution in [0.5, 0.6) is 0 Å². The second-order valence-electron chi connectivity index (χ2n) is 7.47. The first kappa shape index (κ1) is 17.7. The minimum atomic E-state index is 0.749. The Kier molecular flexibility index (Phi) is 5.01. The fraction of sp³-hybridized carbons (Fsp3) is 0.524. The Bertz CT molecular complexity index is 782. The first-order valence-electron chi connectivity index (χ1n) is 10.3. The number of hydrogen-bond donors (Lipinski definition) is 0. The molecular weight excluding hydrogens is 354 g/mol. The monoisotopic (exact) mass is 381 g/mol. The van der Waals surface area contributed by atoms with Crippen molar-refractivity contribution in [2.75, 3.05) is 73.9 Å². The molecule has 3 aliphatic rings. The van der Waals surface area contributed by atoms with Crippen LogP contribution in [0.3, 0.4) is 0 Å². The van der Waals surface area contributed by atoms with Crippen molar-refractivity contribution in [2.45, 2.75) is 12.8 Å². The third-order valence-corrected chi connectivity index (χ3v) is 5.71. The molecule has 0 unspecified atom stereocenters. The summed E-state index contributed by atoms with van der Waals surface area (Å²) in [6, 6.07) is 10.8. The van der Waals surface area contributed by atoms with Gasteiger partial charge in [-0.3, -0.25) is 0 Å². The average Bonchev–Trinajstić information content (AvgIpc) is 2.79. The maximum Gasteiger partial charge on any atom is 0.233 e. The SMILES string of the molecule is c1ccc2c(c1)CCCN2c1nc(N2CCOCC2)cc(N2CCOCC2)n1. The van der Waals surface area contributed by atoms with Gasteiger partial charge in [-0.05, 0) is 24.5 Å². The summed E-state index contributed by atoms with van der Waals surface area (Å²) in [5, 5.41) is 0. The van der Waals surface area contributed by atoms with Gasteiger partial charge in [-0.2, -0.15) is 9.97 Å². The van der Waals surface area contributed by atoms with E-state index in [-0.39, 0.29) is 0 Å². The Hall–Kier alpha value is -2.38. The van der Waals surface area contributed by atoms with Gasteiger partial charge in [-0.25, -0.2) is 0 Å². The van der Waals surface area contributed by atoms with Crippen LogP contribution in [0.25, 0.3) is 0 Å². The maximum atomic E-state index is 5.54. The van der Waals surface area contributed by atoms with Crippen molar-refractivity contribution >= 4 is 23.3 Å². The molecule has 3 aliphatic heterocycles. The highest BCUT2D eigenvalue weighted by Gasteiger charge is 2.24. The molecule has 0 bridgehead atoms. The van der Waals surface area contributed by atoms with Crippen LogP contribution in [0.1, 0.15) is 12.0 Å². The molecule has 0 saturated carbocycles. The number of benzene rings is 1. The Morgan fingerprint density at radius 1 is 0.750 bits per heavy atom. The van der Waals surface area contributed by atoms with Gasteiger partial charge >= 0.3 is 0 Å². The largest absolute Gasteiger partial charge is 0.378 e. The van der Waals surface area contributed by atoms with Crippen molar-refractivity contribution in [3.8, 4) is 0 Å². The fourth-order valence-corrected chi connectivity index (χ4v) is 4.18. The number of rotatable bonds is 3. The van der Waals surface area contributed by atoms with Crippen LogP contribution in [0, 0.1) is 0 Å². The number of anilines is 4. The van der Waals surface area contributed by atoms with Crippen LogP contribution in [0.15, 0.2) is 30.3 Å². The molecular formula is C21H27N5O2. The van der Waals surface area contributed by atoms with Gasteiger partial charge in [-0.15, -0.1) is 0 Å². The summed E-state index contributed by atoms with van der Waals surface area (Å²) < 4.78 is 11.1. The van der Waals surface area contributed by atoms with Gasteiger partial charge in [-0.1, -0.05) is 18.2 Å². The predicted molar refractivity (Wildman–Crippen MR) is 110 cm³/mol. The van der Waals surface area contributed by atoms with Crippen molar-refractivity contribution in [3.63, 3.8) is 0 Å². The van der Waals surface area contributed by atoms with Gasteiger partial charge < -0.3 is 24.2 Å². The van der Waals surface area contributed by atoms with Crippen LogP contribution in [0.4, 0.5) is 23.3 Å². The lowest BCUT2D eigenvalue weighted by atomic mass is 10.0. The normalized spacial score (nSPS) is 20.2. The van der Waals surface area contributed by atoms with Gasteiger partial charge in [0.1, 0.15) is 11.6 Å². The number of aryl methyl sites for hydroxylation is 1. The molecule has 7 nitrogen and oxygen atoms in total. The van der Waals surface area contributed by atoms with Crippen LogP contribution < -0.4 is 14.7 Å². The molecule has 0 spiro atoms. The van der Waals surface area contributed by atoms with E-state index in [4.69, 9.17) is 19.4 Å². The van der Waals surface area contributed by atoms with Crippen LogP contribution >= 0.6 is 0 Å². The summed E-state index contributed by atoms with van der Waals surface area (Å²) in [6.45, 7) is 7.43. The molecule has 0 aliphatic carbocycles. The van der Waals surface area contributed by atoms with E-state index in [2.05, 4.69) is 45.0 Å². The van der Waals surface area contributed by atoms with Crippen LogP contribution in [-0.4, -0.2) is 69.1 Å². The van der Waals surface area contributed by atoms with Gasteiger partial charge in [0.15, 0.2) is 0 Å². The Balaban J connectivity index is 1.55. The highest BCUT2D eigenvalue weighted by atomic mass is 16.5. The number of fused-ring (bicyclic) bond motifs is 1. The average molecular weight is 381 g/mol. The molecule has 1 aromatic carbocycles. The highest BCUT2D eigenvalue weighted by Crippen LogP contribution is 2.33. The van der Waals surface area contributed by atoms with Gasteiger partial charge in [0, 0.05) is 44.5 Å². The second-order valence-corrected chi connectivity index (χ2v) is 7.47. The topological polar surface area (TPSA) is 54.0 Å². The Labute approximate surface area is 165 Å². The lowest BCUT2D eigenvalue weighted by Crippen LogP contribution is -2.39. The van der Waals surface area contributed by atoms with E-state index in [0.717, 1.165) is 89.6 Å². The van der Waals surface area contributed by atoms with Crippen molar-refractivity contribution < 1.29 is 9.47 Å². The van der Waals surface area contributed by atoms with Crippen LogP contribution in [0.2, 0.25) is 0 Å². The molecule has 0 atom stereocenters. The van der Waals surface area contributed by atoms with Crippen molar-refractivity contribution in [1.29, 1.82) is 0 Å². The van der Waals surface area contributed by atoms with Crippen LogP contribution in [-0.2, 0) is 15.9 Å². The molecule has 7 heteroatoms. The van der Waals surface area contributed by atoms with Gasteiger partial charge in [0.05, 0.1) is 26.4 Å². The quantitative estimate of drug-likeness (QED) is 0.808.